The van der Waals surface area contributed by atoms with Gasteiger partial charge in [0.05, 0.1) is 11.1 Å². The van der Waals surface area contributed by atoms with Crippen molar-refractivity contribution in [1.29, 1.82) is 0 Å². The Labute approximate surface area is 121 Å². The third kappa shape index (κ3) is 3.65. The number of hydrogen-bond donors (Lipinski definition) is 2. The number of rotatable bonds is 7. The summed E-state index contributed by atoms with van der Waals surface area (Å²) in [6.07, 6.45) is 5.67. The summed E-state index contributed by atoms with van der Waals surface area (Å²) in [5, 5.41) is 21.2. The summed E-state index contributed by atoms with van der Waals surface area (Å²) < 4.78 is 1.67. The van der Waals surface area contributed by atoms with Crippen LogP contribution in [0.1, 0.15) is 18.9 Å². The summed E-state index contributed by atoms with van der Waals surface area (Å²) in [5.74, 6) is 0.419. The molecule has 0 amide bonds. The number of nitro groups is 1. The van der Waals surface area contributed by atoms with Gasteiger partial charge in [0, 0.05) is 31.9 Å². The molecule has 0 atom stereocenters. The lowest BCUT2D eigenvalue weighted by molar-refractivity contribution is -0.383. The SMILES string of the molecule is CCCNc1ncnc(NCc2cnn(C)c2)c1[N+](=O)[O-]. The van der Waals surface area contributed by atoms with Crippen LogP contribution in [0.3, 0.4) is 0 Å². The molecule has 0 bridgehead atoms. The smallest absolute Gasteiger partial charge is 0.353 e. The van der Waals surface area contributed by atoms with Gasteiger partial charge in [-0.15, -0.1) is 0 Å². The summed E-state index contributed by atoms with van der Waals surface area (Å²) >= 11 is 0. The lowest BCUT2D eigenvalue weighted by Gasteiger charge is -2.08. The van der Waals surface area contributed by atoms with E-state index in [1.54, 1.807) is 10.9 Å². The quantitative estimate of drug-likeness (QED) is 0.588. The molecule has 0 aliphatic carbocycles. The van der Waals surface area contributed by atoms with Gasteiger partial charge in [0.15, 0.2) is 0 Å². The van der Waals surface area contributed by atoms with E-state index in [1.807, 2.05) is 20.2 Å². The van der Waals surface area contributed by atoms with Crippen LogP contribution in [0.15, 0.2) is 18.7 Å². The van der Waals surface area contributed by atoms with E-state index in [0.717, 1.165) is 12.0 Å². The lowest BCUT2D eigenvalue weighted by atomic mass is 10.3. The predicted molar refractivity (Wildman–Crippen MR) is 78.0 cm³/mol. The van der Waals surface area contributed by atoms with E-state index in [1.165, 1.54) is 6.33 Å². The first-order valence-corrected chi connectivity index (χ1v) is 6.56. The Morgan fingerprint density at radius 3 is 2.62 bits per heavy atom. The van der Waals surface area contributed by atoms with Crippen LogP contribution in [0, 0.1) is 10.1 Å². The molecule has 21 heavy (non-hydrogen) atoms. The highest BCUT2D eigenvalue weighted by atomic mass is 16.6. The molecule has 2 N–H and O–H groups in total. The minimum atomic E-state index is -0.483. The van der Waals surface area contributed by atoms with Crippen molar-refractivity contribution in [2.24, 2.45) is 7.05 Å². The van der Waals surface area contributed by atoms with Gasteiger partial charge in [0.2, 0.25) is 11.6 Å². The van der Waals surface area contributed by atoms with Gasteiger partial charge in [-0.3, -0.25) is 14.8 Å². The van der Waals surface area contributed by atoms with Crippen LogP contribution in [-0.2, 0) is 13.6 Å². The van der Waals surface area contributed by atoms with Crippen molar-refractivity contribution < 1.29 is 4.92 Å². The van der Waals surface area contributed by atoms with Gasteiger partial charge in [-0.25, -0.2) is 9.97 Å². The van der Waals surface area contributed by atoms with E-state index in [9.17, 15) is 10.1 Å². The van der Waals surface area contributed by atoms with Crippen molar-refractivity contribution in [1.82, 2.24) is 19.7 Å². The molecule has 0 aromatic carbocycles. The fourth-order valence-corrected chi connectivity index (χ4v) is 1.80. The molecule has 2 rings (SSSR count). The highest BCUT2D eigenvalue weighted by Crippen LogP contribution is 2.28. The third-order valence-electron chi connectivity index (χ3n) is 2.77. The van der Waals surface area contributed by atoms with Crippen LogP contribution >= 0.6 is 0 Å². The maximum absolute atomic E-state index is 11.3. The Morgan fingerprint density at radius 1 is 1.33 bits per heavy atom. The maximum Gasteiger partial charge on any atom is 0.353 e. The van der Waals surface area contributed by atoms with Crippen LogP contribution in [0.5, 0.6) is 0 Å². The molecular formula is C12H17N7O2. The van der Waals surface area contributed by atoms with Gasteiger partial charge in [0.25, 0.3) is 0 Å². The molecule has 2 aromatic heterocycles. The average Bonchev–Trinajstić information content (AvgIpc) is 2.88. The first-order valence-electron chi connectivity index (χ1n) is 6.56. The number of hydrogen-bond acceptors (Lipinski definition) is 7. The summed E-state index contributed by atoms with van der Waals surface area (Å²) in [6, 6.07) is 0. The topological polar surface area (TPSA) is 111 Å². The van der Waals surface area contributed by atoms with Gasteiger partial charge >= 0.3 is 5.69 Å². The second-order valence-corrected chi connectivity index (χ2v) is 4.48. The Hall–Kier alpha value is -2.71. The number of nitrogens with one attached hydrogen (secondary N) is 2. The Kier molecular flexibility index (Phi) is 4.64. The van der Waals surface area contributed by atoms with Crippen molar-refractivity contribution in [3.05, 3.63) is 34.4 Å². The van der Waals surface area contributed by atoms with Gasteiger partial charge < -0.3 is 10.6 Å². The van der Waals surface area contributed by atoms with Crippen molar-refractivity contribution in [2.75, 3.05) is 17.2 Å². The highest BCUT2D eigenvalue weighted by molar-refractivity contribution is 5.69. The Bertz CT molecular complexity index is 626. The molecule has 0 aliphatic rings. The molecule has 0 saturated heterocycles. The molecule has 9 heteroatoms. The van der Waals surface area contributed by atoms with Crippen molar-refractivity contribution >= 4 is 17.3 Å². The standard InChI is InChI=1S/C12H17N7O2/c1-3-4-13-11-10(19(20)21)12(16-8-15-11)14-5-9-6-17-18(2)7-9/h6-8H,3-5H2,1-2H3,(H2,13,14,15,16). The molecule has 0 radical (unpaired) electrons. The van der Waals surface area contributed by atoms with Crippen molar-refractivity contribution in [2.45, 2.75) is 19.9 Å². The summed E-state index contributed by atoms with van der Waals surface area (Å²) in [5.41, 5.74) is 0.767. The van der Waals surface area contributed by atoms with Crippen LogP contribution in [-0.4, -0.2) is 31.2 Å². The first-order chi connectivity index (χ1) is 10.1. The summed E-state index contributed by atoms with van der Waals surface area (Å²) in [4.78, 5) is 18.7. The summed E-state index contributed by atoms with van der Waals surface area (Å²) in [6.45, 7) is 2.99. The van der Waals surface area contributed by atoms with E-state index in [0.29, 0.717) is 13.1 Å². The summed E-state index contributed by atoms with van der Waals surface area (Å²) in [7, 11) is 1.81. The molecule has 0 fully saturated rings. The average molecular weight is 291 g/mol. The Balaban J connectivity index is 2.19. The molecule has 0 aliphatic heterocycles. The largest absolute Gasteiger partial charge is 0.364 e. The first kappa shape index (κ1) is 14.7. The van der Waals surface area contributed by atoms with Gasteiger partial charge in [-0.05, 0) is 6.42 Å². The molecule has 0 saturated carbocycles. The van der Waals surface area contributed by atoms with Gasteiger partial charge in [-0.2, -0.15) is 5.10 Å². The second kappa shape index (κ2) is 6.64. The van der Waals surface area contributed by atoms with Crippen molar-refractivity contribution in [3.8, 4) is 0 Å². The molecule has 2 aromatic rings. The molecular weight excluding hydrogens is 274 g/mol. The zero-order chi connectivity index (χ0) is 15.2. The zero-order valence-electron chi connectivity index (χ0n) is 11.9. The third-order valence-corrected chi connectivity index (χ3v) is 2.77. The predicted octanol–water partition coefficient (Wildman–Crippen LogP) is 1.55. The van der Waals surface area contributed by atoms with Crippen molar-refractivity contribution in [3.63, 3.8) is 0 Å². The number of aryl methyl sites for hydroxylation is 1. The minimum absolute atomic E-state index is 0.144. The molecule has 0 unspecified atom stereocenters. The fourth-order valence-electron chi connectivity index (χ4n) is 1.80. The molecule has 9 nitrogen and oxygen atoms in total. The highest BCUT2D eigenvalue weighted by Gasteiger charge is 2.22. The van der Waals surface area contributed by atoms with Crippen LogP contribution in [0.4, 0.5) is 17.3 Å². The maximum atomic E-state index is 11.3. The van der Waals surface area contributed by atoms with Gasteiger partial charge in [0.1, 0.15) is 6.33 Å². The normalized spacial score (nSPS) is 10.4. The van der Waals surface area contributed by atoms with Crippen LogP contribution in [0.2, 0.25) is 0 Å². The Morgan fingerprint density at radius 2 is 2.05 bits per heavy atom. The molecule has 112 valence electrons. The van der Waals surface area contributed by atoms with E-state index in [-0.39, 0.29) is 17.3 Å². The van der Waals surface area contributed by atoms with Gasteiger partial charge in [-0.1, -0.05) is 6.92 Å². The number of aromatic nitrogens is 4. The zero-order valence-corrected chi connectivity index (χ0v) is 11.9. The molecule has 0 spiro atoms. The van der Waals surface area contributed by atoms with E-state index < -0.39 is 4.92 Å². The van der Waals surface area contributed by atoms with E-state index in [4.69, 9.17) is 0 Å². The monoisotopic (exact) mass is 291 g/mol. The van der Waals surface area contributed by atoms with Crippen LogP contribution < -0.4 is 10.6 Å². The van der Waals surface area contributed by atoms with E-state index >= 15 is 0 Å². The van der Waals surface area contributed by atoms with E-state index in [2.05, 4.69) is 25.7 Å². The number of nitrogens with zero attached hydrogens (tertiary/aromatic N) is 5. The molecule has 2 heterocycles. The van der Waals surface area contributed by atoms with Crippen LogP contribution in [0.25, 0.3) is 0 Å². The minimum Gasteiger partial charge on any atom is -0.364 e. The lowest BCUT2D eigenvalue weighted by Crippen LogP contribution is -2.10. The second-order valence-electron chi connectivity index (χ2n) is 4.48. The fraction of sp³-hybridized carbons (Fsp3) is 0.417. The number of anilines is 2.